The van der Waals surface area contributed by atoms with Crippen LogP contribution in [0.3, 0.4) is 0 Å². The number of unbranched alkanes of at least 4 members (excludes halogenated alkanes) is 1. The van der Waals surface area contributed by atoms with Crippen LogP contribution < -0.4 is 5.73 Å². The molecule has 1 heterocycles. The molecule has 96 valence electrons. The van der Waals surface area contributed by atoms with Crippen LogP contribution in [0.5, 0.6) is 0 Å². The Morgan fingerprint density at radius 1 is 1.11 bits per heavy atom. The largest absolute Gasteiger partial charge is 0.358 e. The second-order valence-electron chi connectivity index (χ2n) is 5.41. The van der Waals surface area contributed by atoms with Crippen molar-refractivity contribution >= 4 is 10.9 Å². The molecule has 0 atom stereocenters. The molecular weight excluding hydrogens is 220 g/mol. The fraction of sp³-hybridized carbons (Fsp3) is 0.500. The summed E-state index contributed by atoms with van der Waals surface area (Å²) in [6.45, 7) is 0.807. The number of hydrogen-bond donors (Lipinski definition) is 2. The van der Waals surface area contributed by atoms with E-state index in [-0.39, 0.29) is 0 Å². The van der Waals surface area contributed by atoms with Gasteiger partial charge in [-0.3, -0.25) is 0 Å². The van der Waals surface area contributed by atoms with Gasteiger partial charge >= 0.3 is 0 Å². The molecule has 1 aromatic carbocycles. The topological polar surface area (TPSA) is 41.8 Å². The Bertz CT molecular complexity index is 539. The molecule has 3 rings (SSSR count). The zero-order valence-electron chi connectivity index (χ0n) is 11.0. The van der Waals surface area contributed by atoms with Gasteiger partial charge in [0.25, 0.3) is 0 Å². The molecule has 18 heavy (non-hydrogen) atoms. The highest BCUT2D eigenvalue weighted by Gasteiger charge is 2.15. The highest BCUT2D eigenvalue weighted by molar-refractivity contribution is 5.85. The van der Waals surface area contributed by atoms with Crippen LogP contribution in [-0.4, -0.2) is 11.5 Å². The first-order valence-corrected chi connectivity index (χ1v) is 7.21. The number of benzene rings is 1. The molecule has 0 fully saturated rings. The van der Waals surface area contributed by atoms with E-state index in [4.69, 9.17) is 5.73 Å². The summed E-state index contributed by atoms with van der Waals surface area (Å²) in [4.78, 5) is 3.59. The number of aromatic amines is 1. The number of fused-ring (bicyclic) bond motifs is 3. The second kappa shape index (κ2) is 5.15. The van der Waals surface area contributed by atoms with Gasteiger partial charge in [-0.25, -0.2) is 0 Å². The van der Waals surface area contributed by atoms with E-state index in [1.807, 2.05) is 0 Å². The van der Waals surface area contributed by atoms with Gasteiger partial charge in [0, 0.05) is 16.6 Å². The number of H-pyrrole nitrogens is 1. The summed E-state index contributed by atoms with van der Waals surface area (Å²) in [6, 6.07) is 6.92. The van der Waals surface area contributed by atoms with Crippen molar-refractivity contribution in [2.75, 3.05) is 6.54 Å². The maximum Gasteiger partial charge on any atom is 0.0459 e. The van der Waals surface area contributed by atoms with Gasteiger partial charge in [-0.15, -0.1) is 0 Å². The van der Waals surface area contributed by atoms with E-state index in [9.17, 15) is 0 Å². The maximum atomic E-state index is 5.55. The third-order valence-electron chi connectivity index (χ3n) is 4.08. The van der Waals surface area contributed by atoms with E-state index < -0.39 is 0 Å². The molecule has 2 heteroatoms. The Morgan fingerprint density at radius 3 is 2.89 bits per heavy atom. The summed E-state index contributed by atoms with van der Waals surface area (Å²) < 4.78 is 0. The SMILES string of the molecule is NCCCCc1ccc2[nH]c3c(c2c1)CCCC3. The lowest BCUT2D eigenvalue weighted by Crippen LogP contribution is -2.00. The summed E-state index contributed by atoms with van der Waals surface area (Å²) in [7, 11) is 0. The average molecular weight is 242 g/mol. The predicted octanol–water partition coefficient (Wildman–Crippen LogP) is 3.33. The molecule has 0 bridgehead atoms. The van der Waals surface area contributed by atoms with Gasteiger partial charge < -0.3 is 10.7 Å². The van der Waals surface area contributed by atoms with Gasteiger partial charge in [0.1, 0.15) is 0 Å². The minimum Gasteiger partial charge on any atom is -0.358 e. The fourth-order valence-corrected chi connectivity index (χ4v) is 3.08. The van der Waals surface area contributed by atoms with Crippen molar-refractivity contribution in [2.45, 2.75) is 44.9 Å². The third kappa shape index (κ3) is 2.17. The Hall–Kier alpha value is -1.28. The molecule has 0 radical (unpaired) electrons. The minimum absolute atomic E-state index is 0.807. The van der Waals surface area contributed by atoms with Gasteiger partial charge in [0.2, 0.25) is 0 Å². The summed E-state index contributed by atoms with van der Waals surface area (Å²) in [5.41, 5.74) is 11.4. The quantitative estimate of drug-likeness (QED) is 0.793. The molecule has 1 aromatic heterocycles. The lowest BCUT2D eigenvalue weighted by atomic mass is 9.94. The zero-order valence-corrected chi connectivity index (χ0v) is 11.0. The number of hydrogen-bond acceptors (Lipinski definition) is 1. The van der Waals surface area contributed by atoms with Crippen molar-refractivity contribution in [3.05, 3.63) is 35.0 Å². The Kier molecular flexibility index (Phi) is 3.37. The highest BCUT2D eigenvalue weighted by atomic mass is 14.7. The van der Waals surface area contributed by atoms with Gasteiger partial charge in [-0.2, -0.15) is 0 Å². The first-order chi connectivity index (χ1) is 8.88. The summed E-state index contributed by atoms with van der Waals surface area (Å²) >= 11 is 0. The monoisotopic (exact) mass is 242 g/mol. The predicted molar refractivity (Wildman–Crippen MR) is 76.9 cm³/mol. The normalized spacial score (nSPS) is 14.9. The fourth-order valence-electron chi connectivity index (χ4n) is 3.08. The van der Waals surface area contributed by atoms with Crippen LogP contribution in [0, 0.1) is 0 Å². The van der Waals surface area contributed by atoms with Crippen molar-refractivity contribution in [1.29, 1.82) is 0 Å². The molecule has 0 saturated heterocycles. The molecule has 0 saturated carbocycles. The van der Waals surface area contributed by atoms with E-state index in [1.54, 1.807) is 5.56 Å². The summed E-state index contributed by atoms with van der Waals surface area (Å²) in [6.07, 6.45) is 8.65. The molecule has 2 aromatic rings. The van der Waals surface area contributed by atoms with Crippen molar-refractivity contribution in [3.8, 4) is 0 Å². The summed E-state index contributed by atoms with van der Waals surface area (Å²) in [5, 5.41) is 1.47. The lowest BCUT2D eigenvalue weighted by Gasteiger charge is -2.10. The Labute approximate surface area is 109 Å². The van der Waals surface area contributed by atoms with Crippen molar-refractivity contribution in [3.63, 3.8) is 0 Å². The third-order valence-corrected chi connectivity index (χ3v) is 4.08. The number of nitrogens with one attached hydrogen (secondary N) is 1. The van der Waals surface area contributed by atoms with Crippen LogP contribution in [0.4, 0.5) is 0 Å². The Morgan fingerprint density at radius 2 is 2.00 bits per heavy atom. The van der Waals surface area contributed by atoms with Gasteiger partial charge in [0.05, 0.1) is 0 Å². The number of aromatic nitrogens is 1. The number of rotatable bonds is 4. The van der Waals surface area contributed by atoms with E-state index in [0.29, 0.717) is 0 Å². The Balaban J connectivity index is 1.90. The zero-order chi connectivity index (χ0) is 12.4. The smallest absolute Gasteiger partial charge is 0.0459 e. The average Bonchev–Trinajstić information content (AvgIpc) is 2.77. The molecule has 0 aliphatic heterocycles. The molecule has 2 nitrogen and oxygen atoms in total. The van der Waals surface area contributed by atoms with Crippen LogP contribution in [0.15, 0.2) is 18.2 Å². The molecule has 3 N–H and O–H groups in total. The highest BCUT2D eigenvalue weighted by Crippen LogP contribution is 2.29. The van der Waals surface area contributed by atoms with Crippen LogP contribution >= 0.6 is 0 Å². The first kappa shape index (κ1) is 11.8. The van der Waals surface area contributed by atoms with E-state index in [1.165, 1.54) is 54.3 Å². The number of nitrogens with two attached hydrogens (primary N) is 1. The molecule has 0 amide bonds. The van der Waals surface area contributed by atoms with Gasteiger partial charge in [-0.05, 0) is 74.8 Å². The van der Waals surface area contributed by atoms with Crippen LogP contribution in [-0.2, 0) is 19.3 Å². The molecule has 0 unspecified atom stereocenters. The number of aryl methyl sites for hydroxylation is 3. The lowest BCUT2D eigenvalue weighted by molar-refractivity contribution is 0.680. The van der Waals surface area contributed by atoms with Crippen LogP contribution in [0.2, 0.25) is 0 Å². The summed E-state index contributed by atoms with van der Waals surface area (Å²) in [5.74, 6) is 0. The molecule has 0 spiro atoms. The second-order valence-corrected chi connectivity index (χ2v) is 5.41. The van der Waals surface area contributed by atoms with Crippen molar-refractivity contribution in [2.24, 2.45) is 5.73 Å². The van der Waals surface area contributed by atoms with Crippen LogP contribution in [0.25, 0.3) is 10.9 Å². The van der Waals surface area contributed by atoms with Crippen molar-refractivity contribution in [1.82, 2.24) is 4.98 Å². The molecule has 1 aliphatic carbocycles. The van der Waals surface area contributed by atoms with Gasteiger partial charge in [-0.1, -0.05) is 6.07 Å². The van der Waals surface area contributed by atoms with E-state index in [0.717, 1.165) is 19.4 Å². The van der Waals surface area contributed by atoms with Crippen molar-refractivity contribution < 1.29 is 0 Å². The first-order valence-electron chi connectivity index (χ1n) is 7.21. The molecular formula is C16H22N2. The standard InChI is InChI=1S/C16H22N2/c17-10-4-3-5-12-8-9-16-14(11-12)13-6-1-2-7-15(13)18-16/h8-9,11,18H,1-7,10,17H2. The molecule has 1 aliphatic rings. The van der Waals surface area contributed by atoms with Crippen LogP contribution in [0.1, 0.15) is 42.5 Å². The van der Waals surface area contributed by atoms with E-state index >= 15 is 0 Å². The van der Waals surface area contributed by atoms with Gasteiger partial charge in [0.15, 0.2) is 0 Å². The minimum atomic E-state index is 0.807. The maximum absolute atomic E-state index is 5.55. The van der Waals surface area contributed by atoms with E-state index in [2.05, 4.69) is 23.2 Å².